The minimum atomic E-state index is -1.94. The van der Waals surface area contributed by atoms with Crippen LogP contribution in [0.4, 0.5) is 11.4 Å². The fraction of sp³-hybridized carbons (Fsp3) is 0.346. The fourth-order valence-electron chi connectivity index (χ4n) is 3.94. The van der Waals surface area contributed by atoms with Crippen molar-refractivity contribution >= 4 is 64.4 Å². The van der Waals surface area contributed by atoms with Gasteiger partial charge in [0.1, 0.15) is 0 Å². The van der Waals surface area contributed by atoms with Gasteiger partial charge in [-0.15, -0.1) is 0 Å². The van der Waals surface area contributed by atoms with E-state index in [1.807, 2.05) is 0 Å². The van der Waals surface area contributed by atoms with E-state index < -0.39 is 60.6 Å². The van der Waals surface area contributed by atoms with Crippen LogP contribution in [0.2, 0.25) is 10.0 Å². The molecule has 12 nitrogen and oxygen atoms in total. The second kappa shape index (κ2) is 13.5. The van der Waals surface area contributed by atoms with E-state index in [9.17, 15) is 29.1 Å². The second-order valence-corrected chi connectivity index (χ2v) is 9.35. The van der Waals surface area contributed by atoms with E-state index in [-0.39, 0.29) is 6.42 Å². The Balaban J connectivity index is 1.89. The Labute approximate surface area is 238 Å². The summed E-state index contributed by atoms with van der Waals surface area (Å²) in [5, 5.41) is 13.5. The van der Waals surface area contributed by atoms with E-state index in [0.29, 0.717) is 27.0 Å². The Morgan fingerprint density at radius 1 is 0.800 bits per heavy atom. The molecule has 3 rings (SSSR count). The number of rotatable bonds is 9. The molecule has 2 aromatic rings. The highest BCUT2D eigenvalue weighted by Crippen LogP contribution is 2.34. The highest BCUT2D eigenvalue weighted by molar-refractivity contribution is 6.39. The molecule has 0 aromatic heterocycles. The van der Waals surface area contributed by atoms with E-state index in [1.54, 1.807) is 42.5 Å². The smallest absolute Gasteiger partial charge is 0.337 e. The summed E-state index contributed by atoms with van der Waals surface area (Å²) in [6, 6.07) is 11.6. The van der Waals surface area contributed by atoms with Crippen LogP contribution in [-0.4, -0.2) is 65.7 Å². The number of carboxylic acid groups (broad SMARTS) is 1. The van der Waals surface area contributed by atoms with Crippen molar-refractivity contribution in [2.45, 2.75) is 57.9 Å². The van der Waals surface area contributed by atoms with Crippen molar-refractivity contribution in [2.24, 2.45) is 0 Å². The average molecular weight is 598 g/mol. The molecule has 0 saturated carbocycles. The third-order valence-electron chi connectivity index (χ3n) is 5.47. The summed E-state index contributed by atoms with van der Waals surface area (Å²) in [4.78, 5) is 60.4. The zero-order valence-corrected chi connectivity index (χ0v) is 22.9. The first-order chi connectivity index (χ1) is 18.9. The molecule has 0 radical (unpaired) electrons. The third kappa shape index (κ3) is 7.84. The van der Waals surface area contributed by atoms with Crippen molar-refractivity contribution in [3.8, 4) is 0 Å². The highest BCUT2D eigenvalue weighted by Gasteiger charge is 2.55. The van der Waals surface area contributed by atoms with Gasteiger partial charge in [0.05, 0.1) is 22.2 Å². The maximum atomic E-state index is 13.1. The monoisotopic (exact) mass is 597 g/mol. The summed E-state index contributed by atoms with van der Waals surface area (Å²) in [5.74, 6) is -5.26. The van der Waals surface area contributed by atoms with Gasteiger partial charge in [0.25, 0.3) is 0 Å². The van der Waals surface area contributed by atoms with E-state index in [2.05, 4.69) is 5.32 Å². The first kappa shape index (κ1) is 30.7. The van der Waals surface area contributed by atoms with Crippen molar-refractivity contribution in [1.29, 1.82) is 0 Å². The largest absolute Gasteiger partial charge is 0.479 e. The number of nitrogens with one attached hydrogen (secondary N) is 1. The molecular weight excluding hydrogens is 573 g/mol. The SMILES string of the molecule is CC(=O)O[C@@H]1[C@@H](OC(C)=O)[C@H](OC(=O)Cc2ccccc2Nc2c(Cl)cccc2Cl)O[C@H](C(=O)O)[C@H]1OC(C)=O. The highest BCUT2D eigenvalue weighted by atomic mass is 35.5. The molecule has 1 aliphatic rings. The molecular formula is C26H25Cl2NO11. The van der Waals surface area contributed by atoms with Crippen LogP contribution in [0.3, 0.4) is 0 Å². The van der Waals surface area contributed by atoms with Crippen LogP contribution in [0.5, 0.6) is 0 Å². The Hall–Kier alpha value is -3.87. The summed E-state index contributed by atoms with van der Waals surface area (Å²) in [7, 11) is 0. The van der Waals surface area contributed by atoms with Gasteiger partial charge in [-0.3, -0.25) is 19.2 Å². The van der Waals surface area contributed by atoms with Gasteiger partial charge in [0, 0.05) is 26.5 Å². The zero-order chi connectivity index (χ0) is 29.6. The van der Waals surface area contributed by atoms with Crippen molar-refractivity contribution in [3.05, 3.63) is 58.1 Å². The van der Waals surface area contributed by atoms with Gasteiger partial charge in [-0.05, 0) is 23.8 Å². The summed E-state index contributed by atoms with van der Waals surface area (Å²) in [6.07, 6.45) is -9.19. The number of benzene rings is 2. The van der Waals surface area contributed by atoms with Crippen LogP contribution in [0, 0.1) is 0 Å². The first-order valence-corrected chi connectivity index (χ1v) is 12.5. The molecule has 0 bridgehead atoms. The predicted molar refractivity (Wildman–Crippen MR) is 139 cm³/mol. The summed E-state index contributed by atoms with van der Waals surface area (Å²) >= 11 is 12.5. The normalized spacial score (nSPS) is 22.0. The van der Waals surface area contributed by atoms with Crippen LogP contribution in [-0.2, 0) is 54.1 Å². The molecule has 2 N–H and O–H groups in total. The van der Waals surface area contributed by atoms with Gasteiger partial charge in [-0.1, -0.05) is 47.5 Å². The Morgan fingerprint density at radius 2 is 1.35 bits per heavy atom. The van der Waals surface area contributed by atoms with Crippen LogP contribution < -0.4 is 5.32 Å². The number of hydrogen-bond donors (Lipinski definition) is 2. The molecule has 1 fully saturated rings. The van der Waals surface area contributed by atoms with Gasteiger partial charge >= 0.3 is 29.8 Å². The van der Waals surface area contributed by atoms with Gasteiger partial charge in [-0.2, -0.15) is 0 Å². The Kier molecular flexibility index (Phi) is 10.3. The van der Waals surface area contributed by atoms with Crippen molar-refractivity contribution < 1.29 is 52.8 Å². The van der Waals surface area contributed by atoms with Crippen LogP contribution >= 0.6 is 23.2 Å². The van der Waals surface area contributed by atoms with Crippen molar-refractivity contribution in [1.82, 2.24) is 0 Å². The van der Waals surface area contributed by atoms with Crippen molar-refractivity contribution in [3.63, 3.8) is 0 Å². The molecule has 214 valence electrons. The number of para-hydroxylation sites is 2. The standard InChI is InChI=1S/C26H25Cl2NO11/c1-12(30)36-21-22(37-13(2)31)24(38-14(3)32)26(40-23(21)25(34)35)39-19(33)11-15-7-4-5-10-18(15)29-20-16(27)8-6-9-17(20)28/h4-10,21-24,26,29H,11H2,1-3H3,(H,34,35)/t21-,22-,23-,24+,26+/m0/s1. The maximum Gasteiger partial charge on any atom is 0.337 e. The molecule has 0 amide bonds. The summed E-state index contributed by atoms with van der Waals surface area (Å²) < 4.78 is 26.2. The van der Waals surface area contributed by atoms with Gasteiger partial charge in [0.2, 0.25) is 12.4 Å². The lowest BCUT2D eigenvalue weighted by molar-refractivity contribution is -0.294. The van der Waals surface area contributed by atoms with E-state index in [4.69, 9.17) is 46.9 Å². The molecule has 0 aliphatic carbocycles. The quantitative estimate of drug-likeness (QED) is 0.320. The number of carbonyl (C=O) groups excluding carboxylic acids is 4. The van der Waals surface area contributed by atoms with Crippen LogP contribution in [0.1, 0.15) is 26.3 Å². The summed E-state index contributed by atoms with van der Waals surface area (Å²) in [5.41, 5.74) is 1.31. The topological polar surface area (TPSA) is 164 Å². The van der Waals surface area contributed by atoms with E-state index in [1.165, 1.54) is 0 Å². The number of halogens is 2. The van der Waals surface area contributed by atoms with Gasteiger partial charge in [0.15, 0.2) is 18.3 Å². The number of carbonyl (C=O) groups is 5. The number of anilines is 2. The van der Waals surface area contributed by atoms with Crippen molar-refractivity contribution in [2.75, 3.05) is 5.32 Å². The van der Waals surface area contributed by atoms with Gasteiger partial charge < -0.3 is 34.1 Å². The lowest BCUT2D eigenvalue weighted by Crippen LogP contribution is -2.64. The van der Waals surface area contributed by atoms with E-state index in [0.717, 1.165) is 20.8 Å². The molecule has 0 spiro atoms. The minimum absolute atomic E-state index is 0.336. The molecule has 1 saturated heterocycles. The lowest BCUT2D eigenvalue weighted by Gasteiger charge is -2.42. The molecule has 2 aromatic carbocycles. The Morgan fingerprint density at radius 3 is 1.93 bits per heavy atom. The van der Waals surface area contributed by atoms with Crippen LogP contribution in [0.15, 0.2) is 42.5 Å². The predicted octanol–water partition coefficient (Wildman–Crippen LogP) is 3.43. The number of esters is 4. The first-order valence-electron chi connectivity index (χ1n) is 11.8. The molecule has 1 heterocycles. The van der Waals surface area contributed by atoms with E-state index >= 15 is 0 Å². The molecule has 14 heteroatoms. The maximum absolute atomic E-state index is 13.1. The number of aliphatic carboxylic acids is 1. The molecule has 1 aliphatic heterocycles. The Bertz CT molecular complexity index is 1280. The summed E-state index contributed by atoms with van der Waals surface area (Å²) in [6.45, 7) is 3.03. The number of carboxylic acids is 1. The zero-order valence-electron chi connectivity index (χ0n) is 21.4. The number of ether oxygens (including phenoxy) is 5. The second-order valence-electron chi connectivity index (χ2n) is 8.53. The van der Waals surface area contributed by atoms with Crippen LogP contribution in [0.25, 0.3) is 0 Å². The molecule has 0 unspecified atom stereocenters. The minimum Gasteiger partial charge on any atom is -0.479 e. The lowest BCUT2D eigenvalue weighted by atomic mass is 9.97. The third-order valence-corrected chi connectivity index (χ3v) is 6.10. The molecule has 40 heavy (non-hydrogen) atoms. The fourth-order valence-corrected chi connectivity index (χ4v) is 4.43. The van der Waals surface area contributed by atoms with Gasteiger partial charge in [-0.25, -0.2) is 4.79 Å². The molecule has 5 atom stereocenters. The average Bonchev–Trinajstić information content (AvgIpc) is 2.85. The number of hydrogen-bond acceptors (Lipinski definition) is 11.